The zero-order valence-corrected chi connectivity index (χ0v) is 13.5. The molecule has 2 aromatic carbocycles. The van der Waals surface area contributed by atoms with E-state index in [4.69, 9.17) is 11.6 Å². The fourth-order valence-electron chi connectivity index (χ4n) is 2.05. The largest absolute Gasteiger partial charge is 0.384 e. The summed E-state index contributed by atoms with van der Waals surface area (Å²) in [6, 6.07) is 9.78. The van der Waals surface area contributed by atoms with Crippen LogP contribution in [0.15, 0.2) is 34.8 Å². The minimum Gasteiger partial charge on any atom is -0.384 e. The number of aliphatic hydroxyl groups excluding tert-OH is 1. The summed E-state index contributed by atoms with van der Waals surface area (Å²) >= 11 is 9.75. The lowest BCUT2D eigenvalue weighted by atomic mass is 9.97. The van der Waals surface area contributed by atoms with E-state index in [0.717, 1.165) is 32.3 Å². The van der Waals surface area contributed by atoms with Crippen LogP contribution in [0.1, 0.15) is 33.9 Å². The average molecular weight is 340 g/mol. The molecule has 0 aliphatic rings. The van der Waals surface area contributed by atoms with Crippen LogP contribution in [0.25, 0.3) is 0 Å². The van der Waals surface area contributed by atoms with Crippen molar-refractivity contribution in [2.75, 3.05) is 0 Å². The Kier molecular flexibility index (Phi) is 4.34. The molecule has 0 spiro atoms. The number of halogens is 2. The van der Waals surface area contributed by atoms with E-state index in [9.17, 15) is 5.11 Å². The summed E-state index contributed by atoms with van der Waals surface area (Å²) in [5.74, 6) is 0. The van der Waals surface area contributed by atoms with Crippen LogP contribution in [0.3, 0.4) is 0 Å². The van der Waals surface area contributed by atoms with Gasteiger partial charge in [0.15, 0.2) is 0 Å². The van der Waals surface area contributed by atoms with Gasteiger partial charge in [0, 0.05) is 15.1 Å². The van der Waals surface area contributed by atoms with Crippen molar-refractivity contribution in [1.82, 2.24) is 0 Å². The molecule has 1 nitrogen and oxygen atoms in total. The predicted molar refractivity (Wildman–Crippen MR) is 83.9 cm³/mol. The molecule has 0 heterocycles. The second-order valence-electron chi connectivity index (χ2n) is 4.89. The number of rotatable bonds is 2. The van der Waals surface area contributed by atoms with Crippen LogP contribution < -0.4 is 0 Å². The van der Waals surface area contributed by atoms with Gasteiger partial charge in [-0.3, -0.25) is 0 Å². The molecule has 2 rings (SSSR count). The van der Waals surface area contributed by atoms with Gasteiger partial charge in [-0.15, -0.1) is 0 Å². The SMILES string of the molecule is Cc1ccc(Br)c(C(O)c2cc(C)c(C)cc2Cl)c1. The van der Waals surface area contributed by atoms with E-state index in [1.807, 2.05) is 51.1 Å². The average Bonchev–Trinajstić information content (AvgIpc) is 2.36. The minimum absolute atomic E-state index is 0.601. The van der Waals surface area contributed by atoms with E-state index in [-0.39, 0.29) is 0 Å². The highest BCUT2D eigenvalue weighted by Crippen LogP contribution is 2.34. The molecule has 1 N–H and O–H groups in total. The van der Waals surface area contributed by atoms with Gasteiger partial charge in [-0.2, -0.15) is 0 Å². The van der Waals surface area contributed by atoms with Crippen LogP contribution in [-0.4, -0.2) is 5.11 Å². The Morgan fingerprint density at radius 1 is 1.00 bits per heavy atom. The quantitative estimate of drug-likeness (QED) is 0.806. The lowest BCUT2D eigenvalue weighted by Gasteiger charge is -2.17. The van der Waals surface area contributed by atoms with E-state index in [1.54, 1.807) is 0 Å². The Bertz CT molecular complexity index is 622. The summed E-state index contributed by atoms with van der Waals surface area (Å²) in [7, 11) is 0. The maximum atomic E-state index is 10.6. The van der Waals surface area contributed by atoms with Gasteiger partial charge in [-0.1, -0.05) is 51.3 Å². The highest BCUT2D eigenvalue weighted by molar-refractivity contribution is 9.10. The maximum Gasteiger partial charge on any atom is 0.107 e. The van der Waals surface area contributed by atoms with Crippen molar-refractivity contribution < 1.29 is 5.11 Å². The molecule has 0 fully saturated rings. The number of hydrogen-bond donors (Lipinski definition) is 1. The van der Waals surface area contributed by atoms with Crippen LogP contribution in [-0.2, 0) is 0 Å². The predicted octanol–water partition coefficient (Wildman–Crippen LogP) is 5.11. The van der Waals surface area contributed by atoms with Gasteiger partial charge in [0.1, 0.15) is 6.10 Å². The van der Waals surface area contributed by atoms with Gasteiger partial charge in [-0.25, -0.2) is 0 Å². The fraction of sp³-hybridized carbons (Fsp3) is 0.250. The van der Waals surface area contributed by atoms with Crippen LogP contribution in [0, 0.1) is 20.8 Å². The van der Waals surface area contributed by atoms with Crippen molar-refractivity contribution in [3.8, 4) is 0 Å². The summed E-state index contributed by atoms with van der Waals surface area (Å²) in [6.45, 7) is 6.04. The topological polar surface area (TPSA) is 20.2 Å². The lowest BCUT2D eigenvalue weighted by Crippen LogP contribution is -2.03. The first kappa shape index (κ1) is 14.6. The molecular weight excluding hydrogens is 324 g/mol. The summed E-state index contributed by atoms with van der Waals surface area (Å²) in [5, 5.41) is 11.2. The van der Waals surface area contributed by atoms with E-state index < -0.39 is 6.10 Å². The number of aliphatic hydroxyl groups is 1. The highest BCUT2D eigenvalue weighted by atomic mass is 79.9. The number of aryl methyl sites for hydroxylation is 3. The summed E-state index contributed by atoms with van der Waals surface area (Å²) < 4.78 is 0.889. The van der Waals surface area contributed by atoms with Crippen LogP contribution in [0.4, 0.5) is 0 Å². The molecule has 0 amide bonds. The van der Waals surface area contributed by atoms with E-state index in [2.05, 4.69) is 15.9 Å². The van der Waals surface area contributed by atoms with Gasteiger partial charge in [0.05, 0.1) is 0 Å². The van der Waals surface area contributed by atoms with Gasteiger partial charge >= 0.3 is 0 Å². The third kappa shape index (κ3) is 3.02. The van der Waals surface area contributed by atoms with Crippen molar-refractivity contribution in [3.05, 3.63) is 67.6 Å². The van der Waals surface area contributed by atoms with Gasteiger partial charge in [0.25, 0.3) is 0 Å². The highest BCUT2D eigenvalue weighted by Gasteiger charge is 2.17. The Morgan fingerprint density at radius 2 is 1.63 bits per heavy atom. The maximum absolute atomic E-state index is 10.6. The van der Waals surface area contributed by atoms with Crippen molar-refractivity contribution in [2.24, 2.45) is 0 Å². The smallest absolute Gasteiger partial charge is 0.107 e. The first-order valence-corrected chi connectivity index (χ1v) is 7.28. The first-order valence-electron chi connectivity index (χ1n) is 6.11. The molecule has 0 radical (unpaired) electrons. The second kappa shape index (κ2) is 5.66. The molecular formula is C16H16BrClO. The fourth-order valence-corrected chi connectivity index (χ4v) is 2.84. The number of hydrogen-bond acceptors (Lipinski definition) is 1. The second-order valence-corrected chi connectivity index (χ2v) is 6.15. The molecule has 0 bridgehead atoms. The zero-order chi connectivity index (χ0) is 14.2. The van der Waals surface area contributed by atoms with Crippen LogP contribution in [0.5, 0.6) is 0 Å². The molecule has 0 aromatic heterocycles. The summed E-state index contributed by atoms with van der Waals surface area (Å²) in [5.41, 5.74) is 4.95. The zero-order valence-electron chi connectivity index (χ0n) is 11.2. The molecule has 19 heavy (non-hydrogen) atoms. The molecule has 0 saturated heterocycles. The Hall–Kier alpha value is -0.830. The van der Waals surface area contributed by atoms with Crippen molar-refractivity contribution >= 4 is 27.5 Å². The van der Waals surface area contributed by atoms with Crippen LogP contribution >= 0.6 is 27.5 Å². The van der Waals surface area contributed by atoms with E-state index in [0.29, 0.717) is 5.02 Å². The standard InChI is InChI=1S/C16H16BrClO/c1-9-4-5-14(17)12(6-9)16(19)13-7-10(2)11(3)8-15(13)18/h4-8,16,19H,1-3H3. The normalized spacial score (nSPS) is 12.5. The van der Waals surface area contributed by atoms with Crippen molar-refractivity contribution in [2.45, 2.75) is 26.9 Å². The Labute approximate surface area is 127 Å². The van der Waals surface area contributed by atoms with Gasteiger partial charge < -0.3 is 5.11 Å². The Balaban J connectivity index is 2.52. The minimum atomic E-state index is -0.721. The Morgan fingerprint density at radius 3 is 2.32 bits per heavy atom. The molecule has 0 aliphatic heterocycles. The molecule has 100 valence electrons. The number of benzene rings is 2. The monoisotopic (exact) mass is 338 g/mol. The molecule has 0 aliphatic carbocycles. The van der Waals surface area contributed by atoms with Gasteiger partial charge in [0.2, 0.25) is 0 Å². The molecule has 2 aromatic rings. The lowest BCUT2D eigenvalue weighted by molar-refractivity contribution is 0.219. The van der Waals surface area contributed by atoms with E-state index in [1.165, 1.54) is 0 Å². The first-order chi connectivity index (χ1) is 8.90. The van der Waals surface area contributed by atoms with Crippen molar-refractivity contribution in [1.29, 1.82) is 0 Å². The van der Waals surface area contributed by atoms with E-state index >= 15 is 0 Å². The molecule has 3 heteroatoms. The third-order valence-corrected chi connectivity index (χ3v) is 4.40. The molecule has 0 saturated carbocycles. The molecule has 1 atom stereocenters. The van der Waals surface area contributed by atoms with Gasteiger partial charge in [-0.05, 0) is 49.6 Å². The molecule has 1 unspecified atom stereocenters. The van der Waals surface area contributed by atoms with Crippen molar-refractivity contribution in [3.63, 3.8) is 0 Å². The third-order valence-electron chi connectivity index (χ3n) is 3.35. The summed E-state index contributed by atoms with van der Waals surface area (Å²) in [4.78, 5) is 0. The van der Waals surface area contributed by atoms with Crippen LogP contribution in [0.2, 0.25) is 5.02 Å². The summed E-state index contributed by atoms with van der Waals surface area (Å²) in [6.07, 6.45) is -0.721.